The van der Waals surface area contributed by atoms with Crippen molar-refractivity contribution >= 4 is 17.3 Å². The Morgan fingerprint density at radius 1 is 0.931 bits per heavy atom. The highest BCUT2D eigenvalue weighted by Crippen LogP contribution is 2.30. The number of hydrogen-bond acceptors (Lipinski definition) is 2. The second-order valence-electron chi connectivity index (χ2n) is 6.39. The van der Waals surface area contributed by atoms with Crippen LogP contribution in [0.2, 0.25) is 5.02 Å². The van der Waals surface area contributed by atoms with E-state index in [1.165, 1.54) is 12.1 Å². The van der Waals surface area contributed by atoms with Gasteiger partial charge in [0, 0.05) is 17.0 Å². The summed E-state index contributed by atoms with van der Waals surface area (Å²) in [6.45, 7) is 0. The van der Waals surface area contributed by atoms with Gasteiger partial charge in [-0.1, -0.05) is 72.3 Å². The molecule has 29 heavy (non-hydrogen) atoms. The van der Waals surface area contributed by atoms with Crippen molar-refractivity contribution in [2.24, 2.45) is 4.99 Å². The molecule has 6 heteroatoms. The van der Waals surface area contributed by atoms with Crippen molar-refractivity contribution in [1.82, 2.24) is 0 Å². The van der Waals surface area contributed by atoms with E-state index in [1.54, 1.807) is 6.07 Å². The maximum Gasteiger partial charge on any atom is 0.416 e. The lowest BCUT2D eigenvalue weighted by molar-refractivity contribution is -0.137. The van der Waals surface area contributed by atoms with Crippen molar-refractivity contribution in [1.29, 1.82) is 5.26 Å². The van der Waals surface area contributed by atoms with Crippen LogP contribution in [-0.2, 0) is 12.6 Å². The van der Waals surface area contributed by atoms with Gasteiger partial charge in [-0.2, -0.15) is 18.4 Å². The van der Waals surface area contributed by atoms with Crippen LogP contribution in [0.5, 0.6) is 0 Å². The Bertz CT molecular complexity index is 1040. The van der Waals surface area contributed by atoms with Gasteiger partial charge < -0.3 is 0 Å². The lowest BCUT2D eigenvalue weighted by Crippen LogP contribution is -2.08. The zero-order chi connectivity index (χ0) is 20.9. The van der Waals surface area contributed by atoms with E-state index in [4.69, 9.17) is 11.6 Å². The first-order chi connectivity index (χ1) is 13.9. The van der Waals surface area contributed by atoms with E-state index in [1.807, 2.05) is 54.6 Å². The lowest BCUT2D eigenvalue weighted by Gasteiger charge is -2.15. The fourth-order valence-corrected chi connectivity index (χ4v) is 3.14. The number of hydrogen-bond donors (Lipinski definition) is 0. The summed E-state index contributed by atoms with van der Waals surface area (Å²) in [5.74, 6) is 0. The Morgan fingerprint density at radius 2 is 1.55 bits per heavy atom. The van der Waals surface area contributed by atoms with Gasteiger partial charge in [-0.15, -0.1) is 0 Å². The fraction of sp³-hybridized carbons (Fsp3) is 0.130. The van der Waals surface area contributed by atoms with E-state index in [2.05, 4.69) is 4.99 Å². The van der Waals surface area contributed by atoms with Gasteiger partial charge in [-0.05, 0) is 29.3 Å². The number of nitrogens with zero attached hydrogens (tertiary/aromatic N) is 2. The van der Waals surface area contributed by atoms with E-state index in [0.29, 0.717) is 17.0 Å². The van der Waals surface area contributed by atoms with E-state index in [0.717, 1.165) is 23.3 Å². The quantitative estimate of drug-likeness (QED) is 0.432. The maximum atomic E-state index is 12.8. The minimum atomic E-state index is -4.43. The average Bonchev–Trinajstić information content (AvgIpc) is 2.72. The molecule has 0 fully saturated rings. The Kier molecular flexibility index (Phi) is 6.36. The van der Waals surface area contributed by atoms with Gasteiger partial charge in [-0.25, -0.2) is 0 Å². The third-order valence-corrected chi connectivity index (χ3v) is 4.80. The van der Waals surface area contributed by atoms with Crippen LogP contribution in [0.25, 0.3) is 0 Å². The molecule has 0 aliphatic heterocycles. The van der Waals surface area contributed by atoms with Crippen LogP contribution < -0.4 is 0 Å². The number of benzene rings is 3. The van der Waals surface area contributed by atoms with Crippen molar-refractivity contribution < 1.29 is 13.2 Å². The molecule has 3 rings (SSSR count). The Hall–Kier alpha value is -3.10. The molecular weight excluding hydrogens is 397 g/mol. The molecule has 1 atom stereocenters. The van der Waals surface area contributed by atoms with Crippen LogP contribution in [0, 0.1) is 11.3 Å². The lowest BCUT2D eigenvalue weighted by atomic mass is 9.98. The van der Waals surface area contributed by atoms with Crippen molar-refractivity contribution in [2.45, 2.75) is 18.6 Å². The molecule has 0 unspecified atom stereocenters. The van der Waals surface area contributed by atoms with E-state index >= 15 is 0 Å². The Labute approximate surface area is 171 Å². The fourth-order valence-electron chi connectivity index (χ4n) is 2.93. The van der Waals surface area contributed by atoms with Crippen LogP contribution in [0.4, 0.5) is 13.2 Å². The molecule has 0 aliphatic carbocycles. The van der Waals surface area contributed by atoms with Crippen molar-refractivity contribution in [3.63, 3.8) is 0 Å². The van der Waals surface area contributed by atoms with Crippen molar-refractivity contribution in [3.05, 3.63) is 106 Å². The minimum Gasteiger partial charge on any atom is -0.265 e. The molecule has 0 aliphatic rings. The van der Waals surface area contributed by atoms with Crippen molar-refractivity contribution in [2.75, 3.05) is 0 Å². The number of rotatable bonds is 5. The predicted octanol–water partition coefficient (Wildman–Crippen LogP) is 6.66. The number of alkyl halides is 3. The molecule has 146 valence electrons. The third-order valence-electron chi connectivity index (χ3n) is 4.43. The predicted molar refractivity (Wildman–Crippen MR) is 108 cm³/mol. The number of aliphatic imine (C=N–C) groups is 1. The summed E-state index contributed by atoms with van der Waals surface area (Å²) < 4.78 is 38.4. The maximum absolute atomic E-state index is 12.8. The number of nitriles is 1. The molecule has 0 amide bonds. The molecule has 2 nitrogen and oxygen atoms in total. The first-order valence-electron chi connectivity index (χ1n) is 8.82. The van der Waals surface area contributed by atoms with Gasteiger partial charge in [-0.3, -0.25) is 4.99 Å². The molecule has 3 aromatic carbocycles. The smallest absolute Gasteiger partial charge is 0.265 e. The molecule has 0 bridgehead atoms. The first-order valence-corrected chi connectivity index (χ1v) is 9.20. The Morgan fingerprint density at radius 3 is 2.14 bits per heavy atom. The molecule has 0 saturated heterocycles. The molecule has 3 aromatic rings. The molecule has 0 radical (unpaired) electrons. The summed E-state index contributed by atoms with van der Waals surface area (Å²) in [6.07, 6.45) is -3.98. The van der Waals surface area contributed by atoms with Gasteiger partial charge >= 0.3 is 6.18 Å². The Balaban J connectivity index is 1.99. The highest BCUT2D eigenvalue weighted by molar-refractivity contribution is 6.31. The zero-order valence-corrected chi connectivity index (χ0v) is 16.0. The second kappa shape index (κ2) is 8.93. The topological polar surface area (TPSA) is 36.1 Å². The summed E-state index contributed by atoms with van der Waals surface area (Å²) in [5, 5.41) is 10.2. The van der Waals surface area contributed by atoms with Gasteiger partial charge in [0.2, 0.25) is 0 Å². The average molecular weight is 413 g/mol. The second-order valence-corrected chi connectivity index (χ2v) is 6.79. The van der Waals surface area contributed by atoms with Gasteiger partial charge in [0.05, 0.1) is 11.6 Å². The summed E-state index contributed by atoms with van der Waals surface area (Å²) in [4.78, 5) is 4.58. The summed E-state index contributed by atoms with van der Waals surface area (Å²) in [5.41, 5.74) is 1.39. The minimum absolute atomic E-state index is 0.0691. The van der Waals surface area contributed by atoms with E-state index < -0.39 is 17.8 Å². The molecule has 0 N–H and O–H groups in total. The first kappa shape index (κ1) is 20.6. The van der Waals surface area contributed by atoms with E-state index in [-0.39, 0.29) is 5.71 Å². The van der Waals surface area contributed by atoms with Crippen LogP contribution in [0.15, 0.2) is 83.9 Å². The SMILES string of the molecule is N#CC(=N[C@H](Cc1ccccc1Cl)c1ccccc1)c1ccc(C(F)(F)F)cc1. The summed E-state index contributed by atoms with van der Waals surface area (Å²) >= 11 is 6.28. The highest BCUT2D eigenvalue weighted by atomic mass is 35.5. The largest absolute Gasteiger partial charge is 0.416 e. The standard InChI is InChI=1S/C23H16ClF3N2/c24-20-9-5-4-8-18(20)14-21(16-6-2-1-3-7-16)29-22(15-28)17-10-12-19(13-11-17)23(25,26)27/h1-13,21H,14H2/t21-/m1/s1. The van der Waals surface area contributed by atoms with Crippen molar-refractivity contribution in [3.8, 4) is 6.07 Å². The van der Waals surface area contributed by atoms with E-state index in [9.17, 15) is 18.4 Å². The monoisotopic (exact) mass is 412 g/mol. The summed E-state index contributed by atoms with van der Waals surface area (Å²) in [6, 6.07) is 22.8. The van der Waals surface area contributed by atoms with Gasteiger partial charge in [0.25, 0.3) is 0 Å². The van der Waals surface area contributed by atoms with Gasteiger partial charge in [0.1, 0.15) is 11.8 Å². The molecule has 0 saturated carbocycles. The van der Waals surface area contributed by atoms with Crippen LogP contribution in [0.3, 0.4) is 0 Å². The number of halogens is 4. The van der Waals surface area contributed by atoms with Crippen LogP contribution >= 0.6 is 11.6 Å². The molecule has 0 heterocycles. The van der Waals surface area contributed by atoms with Crippen LogP contribution in [-0.4, -0.2) is 5.71 Å². The molecule has 0 spiro atoms. The summed E-state index contributed by atoms with van der Waals surface area (Å²) in [7, 11) is 0. The van der Waals surface area contributed by atoms with Crippen LogP contribution in [0.1, 0.15) is 28.3 Å². The molecular formula is C23H16ClF3N2. The normalized spacial score (nSPS) is 13.0. The molecule has 0 aromatic heterocycles. The highest BCUT2D eigenvalue weighted by Gasteiger charge is 2.30. The van der Waals surface area contributed by atoms with Gasteiger partial charge in [0.15, 0.2) is 0 Å². The zero-order valence-electron chi connectivity index (χ0n) is 15.2. The third kappa shape index (κ3) is 5.24.